The zero-order chi connectivity index (χ0) is 48.7. The van der Waals surface area contributed by atoms with Gasteiger partial charge in [0.15, 0.2) is 0 Å². The molecule has 0 radical (unpaired) electrons. The molecule has 0 spiro atoms. The lowest BCUT2D eigenvalue weighted by atomic mass is 9.89. The summed E-state index contributed by atoms with van der Waals surface area (Å²) in [4.78, 5) is 51.6. The van der Waals surface area contributed by atoms with Crippen molar-refractivity contribution in [2.24, 2.45) is 14.1 Å². The molecule has 2 aromatic heterocycles. The van der Waals surface area contributed by atoms with Crippen LogP contribution < -0.4 is 9.64 Å². The molecule has 3 aliphatic heterocycles. The van der Waals surface area contributed by atoms with Gasteiger partial charge in [-0.2, -0.15) is 5.26 Å². The first-order valence-electron chi connectivity index (χ1n) is 23.6. The Labute approximate surface area is 402 Å². The topological polar surface area (TPSA) is 137 Å². The number of amides is 3. The minimum Gasteiger partial charge on any atom is -0.508 e. The van der Waals surface area contributed by atoms with E-state index in [1.54, 1.807) is 51.7 Å². The van der Waals surface area contributed by atoms with Crippen molar-refractivity contribution < 1.29 is 33.4 Å². The Morgan fingerprint density at radius 2 is 1.64 bits per heavy atom. The van der Waals surface area contributed by atoms with Crippen LogP contribution in [0.25, 0.3) is 11.3 Å². The largest absolute Gasteiger partial charge is 0.508 e. The highest BCUT2D eigenvalue weighted by Crippen LogP contribution is 2.38. The smallest absolute Gasteiger partial charge is 0.264 e. The molecule has 0 saturated carbocycles. The highest BCUT2D eigenvalue weighted by molar-refractivity contribution is 6.13. The maximum atomic E-state index is 15.5. The molecule has 6 aromatic rings. The third-order valence-electron chi connectivity index (χ3n) is 14.3. The number of carbonyl (C=O) groups is 3. The van der Waals surface area contributed by atoms with Crippen LogP contribution in [0.2, 0.25) is 0 Å². The van der Waals surface area contributed by atoms with Crippen molar-refractivity contribution in [1.82, 2.24) is 23.8 Å². The number of fused-ring (bicyclic) bond motifs is 2. The van der Waals surface area contributed by atoms with Gasteiger partial charge in [-0.15, -0.1) is 0 Å². The van der Waals surface area contributed by atoms with Gasteiger partial charge in [-0.3, -0.25) is 24.2 Å². The van der Waals surface area contributed by atoms with E-state index < -0.39 is 5.82 Å². The highest BCUT2D eigenvalue weighted by Gasteiger charge is 2.34. The fraction of sp³-hybridized carbons (Fsp3) is 0.345. The number of halogens is 1. The number of rotatable bonds is 11. The number of phenolic OH excluding ortho intramolecular Hbond substituents is 1. The second-order valence-electron chi connectivity index (χ2n) is 18.7. The van der Waals surface area contributed by atoms with Gasteiger partial charge < -0.3 is 33.5 Å². The summed E-state index contributed by atoms with van der Waals surface area (Å²) in [5, 5.41) is 20.1. The summed E-state index contributed by atoms with van der Waals surface area (Å²) in [5.74, 6) is -0.773. The van der Waals surface area contributed by atoms with Crippen molar-refractivity contribution in [3.8, 4) is 28.8 Å². The van der Waals surface area contributed by atoms with Gasteiger partial charge in [0.25, 0.3) is 11.8 Å². The number of anilines is 2. The number of hydrogen-bond donors (Lipinski definition) is 1. The van der Waals surface area contributed by atoms with Gasteiger partial charge in [0, 0.05) is 99.4 Å². The molecular formula is C55H58FN7O6. The minimum absolute atomic E-state index is 0.0469. The monoisotopic (exact) mass is 931 g/mol. The van der Waals surface area contributed by atoms with Crippen LogP contribution in [0.1, 0.15) is 79.5 Å². The summed E-state index contributed by atoms with van der Waals surface area (Å²) >= 11 is 0. The second-order valence-corrected chi connectivity index (χ2v) is 18.7. The number of ether oxygens (including phenoxy) is 2. The summed E-state index contributed by atoms with van der Waals surface area (Å²) in [6.07, 6.45) is 1.25. The standard InChI is InChI=1S/C55H58FN7O6/c1-34-23-38-9-7-8-10-41(38)33-62(34)54(66)49-25-42-32-61(53(65)26-40-11-16-46(28-50(40)56)69-22-20-60-19-21-68-35(2)31-60)18-17-39(42)24-48(49)52-29-47(36(3)59(52)6)55(67)63(43-12-14-45(64)15-13-43)51-27-44(30-57)58(5)37(51)4/h7-16,24-25,27-29,34-35,64H,17-23,26,31-33H2,1-6H3/t34-,35?/m1/s1. The van der Waals surface area contributed by atoms with Gasteiger partial charge in [-0.05, 0) is 123 Å². The molecule has 1 fully saturated rings. The predicted octanol–water partition coefficient (Wildman–Crippen LogP) is 8.16. The van der Waals surface area contributed by atoms with E-state index in [4.69, 9.17) is 9.47 Å². The van der Waals surface area contributed by atoms with Crippen molar-refractivity contribution in [3.63, 3.8) is 0 Å². The van der Waals surface area contributed by atoms with Crippen molar-refractivity contribution in [1.29, 1.82) is 5.26 Å². The number of nitrogens with zero attached hydrogens (tertiary/aromatic N) is 7. The Morgan fingerprint density at radius 1 is 0.870 bits per heavy atom. The van der Waals surface area contributed by atoms with Crippen molar-refractivity contribution in [2.45, 2.75) is 72.2 Å². The molecule has 1 saturated heterocycles. The Morgan fingerprint density at radius 3 is 2.36 bits per heavy atom. The zero-order valence-corrected chi connectivity index (χ0v) is 40.1. The number of aromatic nitrogens is 2. The third-order valence-corrected chi connectivity index (χ3v) is 14.3. The lowest BCUT2D eigenvalue weighted by Crippen LogP contribution is -2.43. The first-order chi connectivity index (χ1) is 33.2. The average molecular weight is 932 g/mol. The Kier molecular flexibility index (Phi) is 13.2. The van der Waals surface area contributed by atoms with Gasteiger partial charge in [0.05, 0.1) is 30.4 Å². The Hall–Kier alpha value is -7.21. The lowest BCUT2D eigenvalue weighted by Gasteiger charge is -2.36. The van der Waals surface area contributed by atoms with Gasteiger partial charge >= 0.3 is 0 Å². The van der Waals surface area contributed by atoms with Gasteiger partial charge in [0.1, 0.15) is 35.7 Å². The maximum absolute atomic E-state index is 15.5. The molecule has 2 atom stereocenters. The molecular weight excluding hydrogens is 874 g/mol. The molecule has 0 bridgehead atoms. The highest BCUT2D eigenvalue weighted by atomic mass is 19.1. The third kappa shape index (κ3) is 9.36. The van der Waals surface area contributed by atoms with Crippen molar-refractivity contribution in [2.75, 3.05) is 44.3 Å². The molecule has 5 heterocycles. The SMILES string of the molecule is Cc1c(N(C(=O)c2cc(-c3cc4c(cc3C(=O)N3Cc5ccccc5C[C@H]3C)CN(C(=O)Cc3ccc(OCCN5CCOC(C)C5)cc3F)CC4)n(C)c2C)c2ccc(O)cc2)cc(C#N)n1C. The van der Waals surface area contributed by atoms with Crippen molar-refractivity contribution >= 4 is 29.1 Å². The van der Waals surface area contributed by atoms with Crippen LogP contribution in [0.3, 0.4) is 0 Å². The number of aromatic hydroxyl groups is 1. The van der Waals surface area contributed by atoms with E-state index in [-0.39, 0.29) is 54.1 Å². The molecule has 1 N–H and O–H groups in total. The average Bonchev–Trinajstić information content (AvgIpc) is 3.80. The van der Waals surface area contributed by atoms with E-state index in [9.17, 15) is 15.2 Å². The van der Waals surface area contributed by atoms with Gasteiger partial charge in [-0.25, -0.2) is 4.39 Å². The van der Waals surface area contributed by atoms with Gasteiger partial charge in [-0.1, -0.05) is 30.3 Å². The van der Waals surface area contributed by atoms with Crippen LogP contribution in [0, 0.1) is 31.0 Å². The maximum Gasteiger partial charge on any atom is 0.264 e. The van der Waals surface area contributed by atoms with E-state index in [0.29, 0.717) is 102 Å². The predicted molar refractivity (Wildman–Crippen MR) is 261 cm³/mol. The molecule has 356 valence electrons. The van der Waals surface area contributed by atoms with E-state index >= 15 is 14.0 Å². The molecule has 69 heavy (non-hydrogen) atoms. The quantitative estimate of drug-likeness (QED) is 0.138. The van der Waals surface area contributed by atoms with E-state index in [1.165, 1.54) is 23.8 Å². The summed E-state index contributed by atoms with van der Waals surface area (Å²) < 4.78 is 30.7. The number of hydrogen-bond acceptors (Lipinski definition) is 8. The number of benzene rings is 4. The van der Waals surface area contributed by atoms with E-state index in [1.807, 2.05) is 67.6 Å². The Bertz CT molecular complexity index is 3010. The lowest BCUT2D eigenvalue weighted by molar-refractivity contribution is -0.131. The fourth-order valence-corrected chi connectivity index (χ4v) is 10.0. The van der Waals surface area contributed by atoms with Crippen molar-refractivity contribution in [3.05, 3.63) is 153 Å². The van der Waals surface area contributed by atoms with Gasteiger partial charge in [0.2, 0.25) is 5.91 Å². The molecule has 0 aliphatic carbocycles. The van der Waals surface area contributed by atoms with Crippen LogP contribution >= 0.6 is 0 Å². The normalized spacial score (nSPS) is 17.0. The molecule has 3 aliphatic rings. The molecule has 4 aromatic carbocycles. The summed E-state index contributed by atoms with van der Waals surface area (Å²) in [7, 11) is 3.66. The minimum atomic E-state index is -0.499. The number of carbonyl (C=O) groups excluding carboxylic acids is 3. The van der Waals surface area contributed by atoms with Crippen LogP contribution in [-0.2, 0) is 56.0 Å². The Balaban J connectivity index is 1.02. The van der Waals surface area contributed by atoms with Crippen LogP contribution in [0.15, 0.2) is 91.0 Å². The van der Waals surface area contributed by atoms with Crippen LogP contribution in [-0.4, -0.2) is 98.2 Å². The summed E-state index contributed by atoms with van der Waals surface area (Å²) in [6, 6.07) is 28.8. The number of nitriles is 1. The molecule has 3 amide bonds. The molecule has 14 heteroatoms. The molecule has 13 nitrogen and oxygen atoms in total. The number of phenols is 1. The van der Waals surface area contributed by atoms with E-state index in [2.05, 4.69) is 30.0 Å². The van der Waals surface area contributed by atoms with Crippen LogP contribution in [0.5, 0.6) is 11.5 Å². The van der Waals surface area contributed by atoms with E-state index in [0.717, 1.165) is 29.8 Å². The first kappa shape index (κ1) is 46.9. The van der Waals surface area contributed by atoms with Crippen LogP contribution in [0.4, 0.5) is 15.8 Å². The summed E-state index contributed by atoms with van der Waals surface area (Å²) in [5.41, 5.74) is 9.33. The second kappa shape index (κ2) is 19.4. The first-order valence-corrected chi connectivity index (χ1v) is 23.6. The molecule has 1 unspecified atom stereocenters. The fourth-order valence-electron chi connectivity index (χ4n) is 10.0. The molecule has 9 rings (SSSR count). The number of morpholine rings is 1. The summed E-state index contributed by atoms with van der Waals surface area (Å²) in [6.45, 7) is 12.3. The zero-order valence-electron chi connectivity index (χ0n) is 40.1.